The zero-order chi connectivity index (χ0) is 9.54. The minimum Gasteiger partial charge on any atom is -0.311 e. The average Bonchev–Trinajstić information content (AvgIpc) is 3.11. The molecule has 1 saturated heterocycles. The molecule has 1 nitrogen and oxygen atoms in total. The molecule has 1 aromatic rings. The van der Waals surface area contributed by atoms with Crippen molar-refractivity contribution >= 4 is 0 Å². The Hall–Kier alpha value is -1.08. The second-order valence-electron chi connectivity index (χ2n) is 4.36. The van der Waals surface area contributed by atoms with Gasteiger partial charge in [0, 0.05) is 18.5 Å². The lowest BCUT2D eigenvalue weighted by Crippen LogP contribution is -2.06. The molecule has 0 amide bonds. The van der Waals surface area contributed by atoms with Gasteiger partial charge < -0.3 is 5.32 Å². The predicted molar refractivity (Wildman–Crippen MR) is 58.2 cm³/mol. The Labute approximate surface area is 84.8 Å². The van der Waals surface area contributed by atoms with E-state index in [1.54, 1.807) is 5.57 Å². The van der Waals surface area contributed by atoms with Crippen LogP contribution in [-0.4, -0.2) is 12.6 Å². The van der Waals surface area contributed by atoms with Crippen LogP contribution in [0.2, 0.25) is 0 Å². The zero-order valence-corrected chi connectivity index (χ0v) is 8.40. The van der Waals surface area contributed by atoms with Crippen LogP contribution < -0.4 is 5.32 Å². The maximum Gasteiger partial charge on any atom is 0.0256 e. The summed E-state index contributed by atoms with van der Waals surface area (Å²) in [6, 6.07) is 11.5. The van der Waals surface area contributed by atoms with E-state index in [-0.39, 0.29) is 0 Å². The monoisotopic (exact) mass is 185 g/mol. The lowest BCUT2D eigenvalue weighted by Gasteiger charge is -2.07. The van der Waals surface area contributed by atoms with Gasteiger partial charge in [0.05, 0.1) is 0 Å². The molecule has 1 aromatic carbocycles. The van der Waals surface area contributed by atoms with Crippen LogP contribution in [-0.2, 0) is 0 Å². The van der Waals surface area contributed by atoms with E-state index >= 15 is 0 Å². The van der Waals surface area contributed by atoms with Crippen LogP contribution in [0, 0.1) is 5.92 Å². The van der Waals surface area contributed by atoms with E-state index in [0.29, 0.717) is 5.92 Å². The maximum atomic E-state index is 3.39. The average molecular weight is 185 g/mol. The fourth-order valence-corrected chi connectivity index (χ4v) is 2.18. The predicted octanol–water partition coefficient (Wildman–Crippen LogP) is 2.32. The topological polar surface area (TPSA) is 21.9 Å². The minimum absolute atomic E-state index is 0.647. The summed E-state index contributed by atoms with van der Waals surface area (Å²) in [6.45, 7) is 3.54. The first-order chi connectivity index (χ1) is 6.86. The molecule has 1 heterocycles. The molecule has 3 unspecified atom stereocenters. The third-order valence-corrected chi connectivity index (χ3v) is 3.34. The molecular formula is C13H15N. The summed E-state index contributed by atoms with van der Waals surface area (Å²) in [6.07, 6.45) is 2.40. The molecule has 1 aliphatic carbocycles. The van der Waals surface area contributed by atoms with Gasteiger partial charge in [0.2, 0.25) is 0 Å². The van der Waals surface area contributed by atoms with Crippen LogP contribution in [0.5, 0.6) is 0 Å². The molecule has 1 fully saturated rings. The highest BCUT2D eigenvalue weighted by Gasteiger charge is 2.38. The van der Waals surface area contributed by atoms with E-state index in [0.717, 1.165) is 12.0 Å². The van der Waals surface area contributed by atoms with Crippen LogP contribution in [0.1, 0.15) is 18.4 Å². The van der Waals surface area contributed by atoms with E-state index in [1.807, 2.05) is 0 Å². The van der Waals surface area contributed by atoms with E-state index in [9.17, 15) is 0 Å². The van der Waals surface area contributed by atoms with Crippen LogP contribution in [0.15, 0.2) is 42.0 Å². The standard InChI is InChI=1S/C13H15N/c1-9(13-8-14-13)11-7-12(11)10-5-3-2-4-6-10/h2-7,9,12-14H,8H2,1H3. The third kappa shape index (κ3) is 1.38. The molecule has 0 bridgehead atoms. The normalized spacial score (nSPS) is 30.8. The van der Waals surface area contributed by atoms with Crippen LogP contribution in [0.25, 0.3) is 0 Å². The smallest absolute Gasteiger partial charge is 0.0256 e. The van der Waals surface area contributed by atoms with Crippen molar-refractivity contribution in [3.05, 3.63) is 47.5 Å². The van der Waals surface area contributed by atoms with Gasteiger partial charge in [0.15, 0.2) is 0 Å². The van der Waals surface area contributed by atoms with Gasteiger partial charge in [-0.05, 0) is 11.5 Å². The van der Waals surface area contributed by atoms with Crippen molar-refractivity contribution in [1.29, 1.82) is 0 Å². The lowest BCUT2D eigenvalue weighted by atomic mass is 9.98. The fraction of sp³-hybridized carbons (Fsp3) is 0.385. The summed E-state index contributed by atoms with van der Waals surface area (Å²) >= 11 is 0. The van der Waals surface area contributed by atoms with Crippen LogP contribution in [0.3, 0.4) is 0 Å². The number of nitrogens with one attached hydrogen (secondary N) is 1. The molecule has 3 atom stereocenters. The Bertz CT molecular complexity index is 362. The Morgan fingerprint density at radius 2 is 2.00 bits per heavy atom. The number of rotatable bonds is 3. The second kappa shape index (κ2) is 2.96. The SMILES string of the molecule is CC(C1=CC1c1ccccc1)C1CN1. The molecule has 0 aromatic heterocycles. The molecule has 1 N–H and O–H groups in total. The zero-order valence-electron chi connectivity index (χ0n) is 8.40. The highest BCUT2D eigenvalue weighted by Crippen LogP contribution is 2.45. The first-order valence-electron chi connectivity index (χ1n) is 5.36. The Kier molecular flexibility index (Phi) is 1.74. The van der Waals surface area contributed by atoms with Gasteiger partial charge >= 0.3 is 0 Å². The second-order valence-corrected chi connectivity index (χ2v) is 4.36. The summed E-state index contributed by atoms with van der Waals surface area (Å²) in [4.78, 5) is 0. The molecule has 1 heteroatoms. The minimum atomic E-state index is 0.647. The van der Waals surface area contributed by atoms with E-state index in [4.69, 9.17) is 0 Å². The first kappa shape index (κ1) is 8.25. The van der Waals surface area contributed by atoms with Crippen LogP contribution >= 0.6 is 0 Å². The molecule has 2 aliphatic rings. The van der Waals surface area contributed by atoms with Gasteiger partial charge in [-0.15, -0.1) is 0 Å². The summed E-state index contributed by atoms with van der Waals surface area (Å²) in [5, 5.41) is 3.39. The van der Waals surface area contributed by atoms with E-state index < -0.39 is 0 Å². The molecule has 72 valence electrons. The largest absolute Gasteiger partial charge is 0.311 e. The molecule has 0 radical (unpaired) electrons. The molecule has 0 saturated carbocycles. The van der Waals surface area contributed by atoms with Gasteiger partial charge in [-0.3, -0.25) is 0 Å². The number of hydrogen-bond donors (Lipinski definition) is 1. The van der Waals surface area contributed by atoms with Gasteiger partial charge in [-0.1, -0.05) is 48.9 Å². The Balaban J connectivity index is 1.69. The van der Waals surface area contributed by atoms with Crippen molar-refractivity contribution in [3.8, 4) is 0 Å². The van der Waals surface area contributed by atoms with Crippen molar-refractivity contribution in [2.24, 2.45) is 5.92 Å². The molecule has 0 spiro atoms. The molecule has 3 rings (SSSR count). The quantitative estimate of drug-likeness (QED) is 0.566. The first-order valence-corrected chi connectivity index (χ1v) is 5.36. The molecule has 14 heavy (non-hydrogen) atoms. The number of hydrogen-bond acceptors (Lipinski definition) is 1. The summed E-state index contributed by atoms with van der Waals surface area (Å²) < 4.78 is 0. The maximum absolute atomic E-state index is 3.39. The summed E-state index contributed by atoms with van der Waals surface area (Å²) in [5.74, 6) is 1.38. The number of benzene rings is 1. The van der Waals surface area contributed by atoms with Crippen molar-refractivity contribution in [3.63, 3.8) is 0 Å². The Morgan fingerprint density at radius 1 is 1.29 bits per heavy atom. The van der Waals surface area contributed by atoms with Crippen molar-refractivity contribution in [1.82, 2.24) is 5.32 Å². The van der Waals surface area contributed by atoms with Gasteiger partial charge in [-0.2, -0.15) is 0 Å². The van der Waals surface area contributed by atoms with Gasteiger partial charge in [0.1, 0.15) is 0 Å². The van der Waals surface area contributed by atoms with Crippen molar-refractivity contribution in [2.45, 2.75) is 18.9 Å². The van der Waals surface area contributed by atoms with Crippen molar-refractivity contribution in [2.75, 3.05) is 6.54 Å². The van der Waals surface area contributed by atoms with E-state index in [2.05, 4.69) is 48.6 Å². The third-order valence-electron chi connectivity index (χ3n) is 3.34. The van der Waals surface area contributed by atoms with Gasteiger partial charge in [0.25, 0.3) is 0 Å². The van der Waals surface area contributed by atoms with Crippen LogP contribution in [0.4, 0.5) is 0 Å². The summed E-state index contributed by atoms with van der Waals surface area (Å²) in [7, 11) is 0. The highest BCUT2D eigenvalue weighted by molar-refractivity contribution is 5.47. The Morgan fingerprint density at radius 3 is 2.64 bits per heavy atom. The summed E-state index contributed by atoms with van der Waals surface area (Å²) in [5.41, 5.74) is 3.08. The van der Waals surface area contributed by atoms with E-state index in [1.165, 1.54) is 12.1 Å². The molecular weight excluding hydrogens is 170 g/mol. The fourth-order valence-electron chi connectivity index (χ4n) is 2.18. The van der Waals surface area contributed by atoms with Gasteiger partial charge in [-0.25, -0.2) is 0 Å². The highest BCUT2D eigenvalue weighted by atomic mass is 15.1. The van der Waals surface area contributed by atoms with Crippen molar-refractivity contribution < 1.29 is 0 Å². The molecule has 1 aliphatic heterocycles. The number of allylic oxidation sites excluding steroid dienone is 1. The lowest BCUT2D eigenvalue weighted by molar-refractivity contribution is 0.669.